The van der Waals surface area contributed by atoms with Gasteiger partial charge in [-0.15, -0.1) is 0 Å². The number of carbonyl (C=O) groups is 2. The predicted molar refractivity (Wildman–Crippen MR) is 120 cm³/mol. The summed E-state index contributed by atoms with van der Waals surface area (Å²) in [6.07, 6.45) is 1.00. The van der Waals surface area contributed by atoms with Gasteiger partial charge >= 0.3 is 0 Å². The van der Waals surface area contributed by atoms with Crippen LogP contribution in [0.2, 0.25) is 0 Å². The molecular weight excluding hydrogens is 376 g/mol. The molecule has 2 amide bonds. The Hall–Kier alpha value is -2.82. The maximum absolute atomic E-state index is 13.1. The molecule has 0 saturated carbocycles. The first-order chi connectivity index (χ1) is 14.3. The molecule has 5 nitrogen and oxygen atoms in total. The second kappa shape index (κ2) is 11.4. The van der Waals surface area contributed by atoms with Crippen molar-refractivity contribution in [3.05, 3.63) is 65.2 Å². The molecule has 0 aliphatic carbocycles. The summed E-state index contributed by atoms with van der Waals surface area (Å²) in [5, 5.41) is 2.95. The number of benzene rings is 2. The molecule has 0 bridgehead atoms. The highest BCUT2D eigenvalue weighted by Gasteiger charge is 2.26. The number of ether oxygens (including phenoxy) is 1. The maximum atomic E-state index is 13.1. The highest BCUT2D eigenvalue weighted by molar-refractivity contribution is 5.87. The molecule has 5 heteroatoms. The lowest BCUT2D eigenvalue weighted by molar-refractivity contribution is -0.140. The summed E-state index contributed by atoms with van der Waals surface area (Å²) in [6, 6.07) is 15.3. The monoisotopic (exact) mass is 410 g/mol. The van der Waals surface area contributed by atoms with E-state index in [1.54, 1.807) is 18.9 Å². The first-order valence-corrected chi connectivity index (χ1v) is 10.6. The van der Waals surface area contributed by atoms with Gasteiger partial charge in [0.05, 0.1) is 7.11 Å². The van der Waals surface area contributed by atoms with Crippen LogP contribution in [0.1, 0.15) is 43.9 Å². The van der Waals surface area contributed by atoms with Crippen molar-refractivity contribution in [3.8, 4) is 5.75 Å². The van der Waals surface area contributed by atoms with Crippen LogP contribution in [0, 0.1) is 12.8 Å². The molecule has 30 heavy (non-hydrogen) atoms. The Bertz CT molecular complexity index is 831. The third-order valence-electron chi connectivity index (χ3n) is 5.09. The van der Waals surface area contributed by atoms with Gasteiger partial charge in [-0.05, 0) is 49.4 Å². The summed E-state index contributed by atoms with van der Waals surface area (Å²) in [6.45, 7) is 8.88. The molecule has 0 unspecified atom stereocenters. The van der Waals surface area contributed by atoms with Crippen molar-refractivity contribution < 1.29 is 14.3 Å². The standard InChI is InChI=1S/C25H34N2O3/c1-18(2)16-26-25(29)20(4)27(17-22-7-6-8-23(15-22)30-5)24(28)14-13-21-11-9-19(3)10-12-21/h6-12,15,18,20H,13-14,16-17H2,1-5H3,(H,26,29)/t20-/m1/s1. The molecule has 1 N–H and O–H groups in total. The van der Waals surface area contributed by atoms with Gasteiger partial charge in [0.1, 0.15) is 11.8 Å². The van der Waals surface area contributed by atoms with Crippen LogP contribution < -0.4 is 10.1 Å². The second-order valence-corrected chi connectivity index (χ2v) is 8.17. The van der Waals surface area contributed by atoms with Crippen molar-refractivity contribution in [2.45, 2.75) is 53.1 Å². The predicted octanol–water partition coefficient (Wildman–Crippen LogP) is 4.13. The highest BCUT2D eigenvalue weighted by atomic mass is 16.5. The Morgan fingerprint density at radius 3 is 2.37 bits per heavy atom. The molecule has 0 aliphatic rings. The third kappa shape index (κ3) is 7.21. The molecule has 162 valence electrons. The van der Waals surface area contributed by atoms with E-state index in [-0.39, 0.29) is 11.8 Å². The van der Waals surface area contributed by atoms with Crippen molar-refractivity contribution in [2.75, 3.05) is 13.7 Å². The van der Waals surface area contributed by atoms with Gasteiger partial charge in [-0.25, -0.2) is 0 Å². The van der Waals surface area contributed by atoms with E-state index in [2.05, 4.69) is 17.4 Å². The molecular formula is C25H34N2O3. The molecule has 0 radical (unpaired) electrons. The summed E-state index contributed by atoms with van der Waals surface area (Å²) in [4.78, 5) is 27.5. The minimum atomic E-state index is -0.555. The minimum Gasteiger partial charge on any atom is -0.497 e. The first-order valence-electron chi connectivity index (χ1n) is 10.6. The van der Waals surface area contributed by atoms with E-state index in [0.717, 1.165) is 16.9 Å². The van der Waals surface area contributed by atoms with Crippen molar-refractivity contribution in [2.24, 2.45) is 5.92 Å². The van der Waals surface area contributed by atoms with Crippen LogP contribution in [0.4, 0.5) is 0 Å². The number of carbonyl (C=O) groups excluding carboxylic acids is 2. The lowest BCUT2D eigenvalue weighted by atomic mass is 10.1. The zero-order chi connectivity index (χ0) is 22.1. The number of hydrogen-bond donors (Lipinski definition) is 1. The molecule has 1 atom stereocenters. The van der Waals surface area contributed by atoms with Crippen LogP contribution >= 0.6 is 0 Å². The zero-order valence-electron chi connectivity index (χ0n) is 18.8. The van der Waals surface area contributed by atoms with Crippen LogP contribution in [0.3, 0.4) is 0 Å². The van der Waals surface area contributed by atoms with E-state index in [0.29, 0.717) is 31.8 Å². The van der Waals surface area contributed by atoms with Crippen molar-refractivity contribution in [1.29, 1.82) is 0 Å². The number of methoxy groups -OCH3 is 1. The lowest BCUT2D eigenvalue weighted by Crippen LogP contribution is -2.48. The molecule has 0 fully saturated rings. The Balaban J connectivity index is 2.14. The van der Waals surface area contributed by atoms with Gasteiger partial charge in [0.2, 0.25) is 11.8 Å². The van der Waals surface area contributed by atoms with Gasteiger partial charge in [-0.2, -0.15) is 0 Å². The fraction of sp³-hybridized carbons (Fsp3) is 0.440. The van der Waals surface area contributed by atoms with E-state index < -0.39 is 6.04 Å². The maximum Gasteiger partial charge on any atom is 0.242 e. The molecule has 0 heterocycles. The number of aryl methyl sites for hydroxylation is 2. The Morgan fingerprint density at radius 2 is 1.73 bits per heavy atom. The third-order valence-corrected chi connectivity index (χ3v) is 5.09. The molecule has 0 saturated heterocycles. The van der Waals surface area contributed by atoms with Crippen LogP contribution in [0.25, 0.3) is 0 Å². The molecule has 2 rings (SSSR count). The van der Waals surface area contributed by atoms with E-state index in [1.807, 2.05) is 57.2 Å². The Kier molecular flexibility index (Phi) is 8.90. The molecule has 0 spiro atoms. The number of amides is 2. The number of rotatable bonds is 10. The molecule has 2 aromatic rings. The summed E-state index contributed by atoms with van der Waals surface area (Å²) in [5.74, 6) is 0.919. The fourth-order valence-electron chi connectivity index (χ4n) is 3.15. The highest BCUT2D eigenvalue weighted by Crippen LogP contribution is 2.17. The van der Waals surface area contributed by atoms with Gasteiger partial charge < -0.3 is 15.0 Å². The van der Waals surface area contributed by atoms with Gasteiger partial charge in [0, 0.05) is 19.5 Å². The SMILES string of the molecule is COc1cccc(CN(C(=O)CCc2ccc(C)cc2)[C@H](C)C(=O)NCC(C)C)c1. The topological polar surface area (TPSA) is 58.6 Å². The van der Waals surface area contributed by atoms with Gasteiger partial charge in [-0.3, -0.25) is 9.59 Å². The van der Waals surface area contributed by atoms with Crippen molar-refractivity contribution in [1.82, 2.24) is 10.2 Å². The summed E-state index contributed by atoms with van der Waals surface area (Å²) < 4.78 is 5.30. The van der Waals surface area contributed by atoms with Crippen molar-refractivity contribution >= 4 is 11.8 Å². The minimum absolute atomic E-state index is 0.0365. The lowest BCUT2D eigenvalue weighted by Gasteiger charge is -2.29. The van der Waals surface area contributed by atoms with E-state index in [9.17, 15) is 9.59 Å². The average Bonchev–Trinajstić information content (AvgIpc) is 2.74. The first kappa shape index (κ1) is 23.5. The van der Waals surface area contributed by atoms with Crippen LogP contribution in [-0.2, 0) is 22.6 Å². The largest absolute Gasteiger partial charge is 0.497 e. The van der Waals surface area contributed by atoms with E-state index in [1.165, 1.54) is 5.56 Å². The van der Waals surface area contributed by atoms with Crippen LogP contribution in [0.5, 0.6) is 5.75 Å². The summed E-state index contributed by atoms with van der Waals surface area (Å²) in [7, 11) is 1.62. The molecule has 0 aromatic heterocycles. The summed E-state index contributed by atoms with van der Waals surface area (Å²) in [5.41, 5.74) is 3.24. The Morgan fingerprint density at radius 1 is 1.03 bits per heavy atom. The fourth-order valence-corrected chi connectivity index (χ4v) is 3.15. The van der Waals surface area contributed by atoms with Gasteiger partial charge in [-0.1, -0.05) is 55.8 Å². The molecule has 0 aliphatic heterocycles. The van der Waals surface area contributed by atoms with Crippen LogP contribution in [0.15, 0.2) is 48.5 Å². The number of nitrogens with one attached hydrogen (secondary N) is 1. The summed E-state index contributed by atoms with van der Waals surface area (Å²) >= 11 is 0. The van der Waals surface area contributed by atoms with Crippen molar-refractivity contribution in [3.63, 3.8) is 0 Å². The van der Waals surface area contributed by atoms with E-state index >= 15 is 0 Å². The number of hydrogen-bond acceptors (Lipinski definition) is 3. The normalized spacial score (nSPS) is 11.8. The Labute approximate surface area is 180 Å². The smallest absolute Gasteiger partial charge is 0.242 e. The molecule has 2 aromatic carbocycles. The number of nitrogens with zero attached hydrogens (tertiary/aromatic N) is 1. The van der Waals surface area contributed by atoms with Gasteiger partial charge in [0.15, 0.2) is 0 Å². The van der Waals surface area contributed by atoms with Gasteiger partial charge in [0.25, 0.3) is 0 Å². The van der Waals surface area contributed by atoms with E-state index in [4.69, 9.17) is 4.74 Å². The average molecular weight is 411 g/mol. The van der Waals surface area contributed by atoms with Crippen LogP contribution in [-0.4, -0.2) is 36.4 Å². The second-order valence-electron chi connectivity index (χ2n) is 8.17. The quantitative estimate of drug-likeness (QED) is 0.641. The zero-order valence-corrected chi connectivity index (χ0v) is 18.8.